The number of amides is 1. The Morgan fingerprint density at radius 3 is 2.04 bits per heavy atom. The van der Waals surface area contributed by atoms with Crippen LogP contribution in [0.4, 0.5) is 5.69 Å². The number of carbonyl (C=O) groups is 1. The lowest BCUT2D eigenvalue weighted by molar-refractivity contribution is -0.113. The highest BCUT2D eigenvalue weighted by atomic mass is 32.2. The first-order chi connectivity index (χ1) is 12.5. The molecule has 1 heterocycles. The molecular weight excluding hydrogens is 370 g/mol. The smallest absolute Gasteiger partial charge is 0.270 e. The van der Waals surface area contributed by atoms with Gasteiger partial charge in [0, 0.05) is 6.07 Å². The van der Waals surface area contributed by atoms with E-state index in [9.17, 15) is 4.79 Å². The van der Waals surface area contributed by atoms with Crippen LogP contribution in [0.25, 0.3) is 6.08 Å². The molecule has 5 nitrogen and oxygen atoms in total. The third kappa shape index (κ3) is 3.68. The molecule has 1 saturated heterocycles. The number of anilines is 1. The Labute approximate surface area is 161 Å². The fraction of sp³-hybridized carbons (Fsp3) is 0.158. The lowest BCUT2D eigenvalue weighted by Crippen LogP contribution is -2.27. The van der Waals surface area contributed by atoms with Crippen LogP contribution in [0.3, 0.4) is 0 Å². The fourth-order valence-corrected chi connectivity index (χ4v) is 3.78. The first-order valence-corrected chi connectivity index (χ1v) is 8.93. The van der Waals surface area contributed by atoms with E-state index in [-0.39, 0.29) is 5.91 Å². The molecule has 0 unspecified atom stereocenters. The molecule has 1 aliphatic rings. The summed E-state index contributed by atoms with van der Waals surface area (Å²) in [7, 11) is 4.77. The molecule has 1 amide bonds. The van der Waals surface area contributed by atoms with Crippen molar-refractivity contribution in [3.05, 3.63) is 52.9 Å². The van der Waals surface area contributed by atoms with Crippen molar-refractivity contribution in [2.24, 2.45) is 0 Å². The van der Waals surface area contributed by atoms with Crippen molar-refractivity contribution in [1.29, 1.82) is 0 Å². The van der Waals surface area contributed by atoms with Crippen LogP contribution in [-0.4, -0.2) is 31.6 Å². The molecule has 0 N–H and O–H groups in total. The highest BCUT2D eigenvalue weighted by molar-refractivity contribution is 8.27. The van der Waals surface area contributed by atoms with Gasteiger partial charge in [0.05, 0.1) is 31.9 Å². The standard InChI is InChI=1S/C19H17NO4S2/c1-22-14-6-4-13(5-7-14)20-18(21)17(26-19(20)25)10-12-8-15(23-2)11-16(9-12)24-3/h4-11H,1-3H3/b17-10+. The maximum Gasteiger partial charge on any atom is 0.270 e. The molecule has 2 aromatic rings. The Morgan fingerprint density at radius 2 is 1.50 bits per heavy atom. The van der Waals surface area contributed by atoms with Crippen LogP contribution in [0.1, 0.15) is 5.56 Å². The van der Waals surface area contributed by atoms with E-state index in [1.807, 2.05) is 12.1 Å². The van der Waals surface area contributed by atoms with E-state index in [1.54, 1.807) is 57.7 Å². The van der Waals surface area contributed by atoms with Crippen molar-refractivity contribution in [3.63, 3.8) is 0 Å². The topological polar surface area (TPSA) is 48.0 Å². The minimum Gasteiger partial charge on any atom is -0.497 e. The Balaban J connectivity index is 1.91. The molecule has 134 valence electrons. The molecule has 0 atom stereocenters. The molecule has 1 fully saturated rings. The summed E-state index contributed by atoms with van der Waals surface area (Å²) in [6.45, 7) is 0. The summed E-state index contributed by atoms with van der Waals surface area (Å²) in [6, 6.07) is 12.7. The number of rotatable bonds is 5. The predicted molar refractivity (Wildman–Crippen MR) is 108 cm³/mol. The molecule has 2 aromatic carbocycles. The Morgan fingerprint density at radius 1 is 0.923 bits per heavy atom. The second-order valence-corrected chi connectivity index (χ2v) is 7.04. The van der Waals surface area contributed by atoms with Crippen molar-refractivity contribution < 1.29 is 19.0 Å². The second kappa shape index (κ2) is 7.80. The largest absolute Gasteiger partial charge is 0.497 e. The molecule has 0 saturated carbocycles. The van der Waals surface area contributed by atoms with Crippen molar-refractivity contribution in [2.45, 2.75) is 0 Å². The van der Waals surface area contributed by atoms with Gasteiger partial charge in [-0.3, -0.25) is 9.69 Å². The average molecular weight is 387 g/mol. The molecule has 0 spiro atoms. The normalized spacial score (nSPS) is 15.5. The molecule has 26 heavy (non-hydrogen) atoms. The summed E-state index contributed by atoms with van der Waals surface area (Å²) in [4.78, 5) is 14.9. The first kappa shape index (κ1) is 18.3. The minimum atomic E-state index is -0.160. The van der Waals surface area contributed by atoms with Crippen molar-refractivity contribution in [1.82, 2.24) is 0 Å². The summed E-state index contributed by atoms with van der Waals surface area (Å²) < 4.78 is 16.2. The molecule has 0 aromatic heterocycles. The van der Waals surface area contributed by atoms with Gasteiger partial charge in [0.15, 0.2) is 4.32 Å². The van der Waals surface area contributed by atoms with Crippen LogP contribution >= 0.6 is 24.0 Å². The van der Waals surface area contributed by atoms with Crippen molar-refractivity contribution in [2.75, 3.05) is 26.2 Å². The molecule has 0 bridgehead atoms. The number of thioether (sulfide) groups is 1. The van der Waals surface area contributed by atoms with Gasteiger partial charge in [-0.05, 0) is 48.0 Å². The third-order valence-electron chi connectivity index (χ3n) is 3.80. The lowest BCUT2D eigenvalue weighted by atomic mass is 10.1. The van der Waals surface area contributed by atoms with Crippen molar-refractivity contribution >= 4 is 46.0 Å². The van der Waals surface area contributed by atoms with Gasteiger partial charge in [-0.25, -0.2) is 0 Å². The number of benzene rings is 2. The van der Waals surface area contributed by atoms with Gasteiger partial charge in [0.25, 0.3) is 5.91 Å². The summed E-state index contributed by atoms with van der Waals surface area (Å²) >= 11 is 6.66. The van der Waals surface area contributed by atoms with Crippen molar-refractivity contribution in [3.8, 4) is 17.2 Å². The van der Waals surface area contributed by atoms with Crippen LogP contribution in [0.15, 0.2) is 47.4 Å². The van der Waals surface area contributed by atoms with E-state index in [2.05, 4.69) is 0 Å². The zero-order chi connectivity index (χ0) is 18.7. The number of methoxy groups -OCH3 is 3. The minimum absolute atomic E-state index is 0.160. The molecule has 0 radical (unpaired) electrons. The Kier molecular flexibility index (Phi) is 5.49. The highest BCUT2D eigenvalue weighted by Gasteiger charge is 2.33. The van der Waals surface area contributed by atoms with Gasteiger partial charge in [0.1, 0.15) is 17.2 Å². The highest BCUT2D eigenvalue weighted by Crippen LogP contribution is 2.37. The van der Waals surface area contributed by atoms with Gasteiger partial charge in [-0.2, -0.15) is 0 Å². The second-order valence-electron chi connectivity index (χ2n) is 5.36. The third-order valence-corrected chi connectivity index (χ3v) is 5.10. The summed E-state index contributed by atoms with van der Waals surface area (Å²) in [6.07, 6.45) is 1.79. The van der Waals surface area contributed by atoms with E-state index >= 15 is 0 Å². The Bertz CT molecular complexity index is 855. The molecule has 1 aliphatic heterocycles. The number of hydrogen-bond donors (Lipinski definition) is 0. The van der Waals surface area contributed by atoms with Crippen LogP contribution in [0.5, 0.6) is 17.2 Å². The molecule has 7 heteroatoms. The number of ether oxygens (including phenoxy) is 3. The van der Waals surface area contributed by atoms with Gasteiger partial charge in [-0.1, -0.05) is 24.0 Å². The molecule has 3 rings (SSSR count). The zero-order valence-electron chi connectivity index (χ0n) is 14.5. The number of nitrogens with zero attached hydrogens (tertiary/aromatic N) is 1. The maximum atomic E-state index is 12.8. The number of carbonyl (C=O) groups excluding carboxylic acids is 1. The maximum absolute atomic E-state index is 12.8. The van der Waals surface area contributed by atoms with Crippen LogP contribution in [0, 0.1) is 0 Å². The molecule has 0 aliphatic carbocycles. The van der Waals surface area contributed by atoms with Crippen LogP contribution < -0.4 is 19.1 Å². The zero-order valence-corrected chi connectivity index (χ0v) is 16.1. The fourth-order valence-electron chi connectivity index (χ4n) is 2.49. The molecular formula is C19H17NO4S2. The van der Waals surface area contributed by atoms with Crippen LogP contribution in [-0.2, 0) is 4.79 Å². The quantitative estimate of drug-likeness (QED) is 0.568. The lowest BCUT2D eigenvalue weighted by Gasteiger charge is -2.14. The van der Waals surface area contributed by atoms with E-state index in [4.69, 9.17) is 26.4 Å². The number of thiocarbonyl (C=S) groups is 1. The summed E-state index contributed by atoms with van der Waals surface area (Å²) in [5.74, 6) is 1.87. The van der Waals surface area contributed by atoms with Crippen LogP contribution in [0.2, 0.25) is 0 Å². The number of hydrogen-bond acceptors (Lipinski definition) is 6. The first-order valence-electron chi connectivity index (χ1n) is 7.71. The predicted octanol–water partition coefficient (Wildman–Crippen LogP) is 4.12. The summed E-state index contributed by atoms with van der Waals surface area (Å²) in [5.41, 5.74) is 1.51. The average Bonchev–Trinajstić information content (AvgIpc) is 2.94. The van der Waals surface area contributed by atoms with E-state index in [1.165, 1.54) is 16.7 Å². The van der Waals surface area contributed by atoms with Gasteiger partial charge >= 0.3 is 0 Å². The SMILES string of the molecule is COc1ccc(N2C(=O)/C(=C\c3cc(OC)cc(OC)c3)SC2=S)cc1. The Hall–Kier alpha value is -2.51. The van der Waals surface area contributed by atoms with E-state index < -0.39 is 0 Å². The van der Waals surface area contributed by atoms with Gasteiger partial charge < -0.3 is 14.2 Å². The summed E-state index contributed by atoms with van der Waals surface area (Å²) in [5, 5.41) is 0. The monoisotopic (exact) mass is 387 g/mol. The van der Waals surface area contributed by atoms with Gasteiger partial charge in [0.2, 0.25) is 0 Å². The van der Waals surface area contributed by atoms with Gasteiger partial charge in [-0.15, -0.1) is 0 Å². The van der Waals surface area contributed by atoms with E-state index in [0.29, 0.717) is 26.4 Å². The van der Waals surface area contributed by atoms with E-state index in [0.717, 1.165) is 11.3 Å².